The molecular weight excluding hydrogens is 202 g/mol. The van der Waals surface area contributed by atoms with Crippen molar-refractivity contribution < 1.29 is 13.5 Å². The van der Waals surface area contributed by atoms with Gasteiger partial charge < -0.3 is 4.74 Å². The molecule has 0 aliphatic carbocycles. The zero-order valence-corrected chi connectivity index (χ0v) is 8.42. The first-order valence-electron chi connectivity index (χ1n) is 4.29. The maximum absolute atomic E-state index is 12.7. The molecule has 0 aliphatic rings. The first-order chi connectivity index (χ1) is 7.11. The van der Waals surface area contributed by atoms with Crippen molar-refractivity contribution in [2.24, 2.45) is 0 Å². The number of aromatic nitrogens is 1. The Morgan fingerprint density at radius 2 is 2.27 bits per heavy atom. The van der Waals surface area contributed by atoms with Crippen molar-refractivity contribution in [1.82, 2.24) is 4.98 Å². The molecule has 0 radical (unpaired) electrons. The molecule has 0 unspecified atom stereocenters. The van der Waals surface area contributed by atoms with Gasteiger partial charge in [0, 0.05) is 17.3 Å². The Morgan fingerprint density at radius 1 is 1.60 bits per heavy atom. The molecule has 0 saturated carbocycles. The molecule has 1 rings (SSSR count). The number of hydrogen-bond acceptors (Lipinski definition) is 3. The van der Waals surface area contributed by atoms with Crippen LogP contribution in [0.4, 0.5) is 8.78 Å². The van der Waals surface area contributed by atoms with Gasteiger partial charge in [-0.05, 0) is 12.5 Å². The smallest absolute Gasteiger partial charge is 0.264 e. The number of alkyl halides is 2. The zero-order chi connectivity index (χ0) is 11.4. The van der Waals surface area contributed by atoms with Gasteiger partial charge in [0.2, 0.25) is 5.88 Å². The molecule has 1 aromatic rings. The SMILES string of the molecule is COc1ncc(CC#N)c(C(F)F)c1C. The van der Waals surface area contributed by atoms with Crippen molar-refractivity contribution in [3.8, 4) is 11.9 Å². The third kappa shape index (κ3) is 2.21. The second kappa shape index (κ2) is 4.69. The summed E-state index contributed by atoms with van der Waals surface area (Å²) >= 11 is 0. The largest absolute Gasteiger partial charge is 0.481 e. The minimum Gasteiger partial charge on any atom is -0.481 e. The summed E-state index contributed by atoms with van der Waals surface area (Å²) in [6.07, 6.45) is -1.43. The molecule has 0 fully saturated rings. The molecule has 0 amide bonds. The van der Waals surface area contributed by atoms with Crippen LogP contribution in [0.5, 0.6) is 5.88 Å². The molecule has 0 aromatic carbocycles. The predicted molar refractivity (Wildman–Crippen MR) is 49.8 cm³/mol. The van der Waals surface area contributed by atoms with Gasteiger partial charge in [0.05, 0.1) is 19.6 Å². The predicted octanol–water partition coefficient (Wildman–Crippen LogP) is 2.40. The van der Waals surface area contributed by atoms with E-state index in [4.69, 9.17) is 10.00 Å². The van der Waals surface area contributed by atoms with Crippen LogP contribution in [0.3, 0.4) is 0 Å². The Labute approximate surface area is 86.3 Å². The van der Waals surface area contributed by atoms with Gasteiger partial charge >= 0.3 is 0 Å². The van der Waals surface area contributed by atoms with Gasteiger partial charge in [-0.1, -0.05) is 0 Å². The Morgan fingerprint density at radius 3 is 2.73 bits per heavy atom. The van der Waals surface area contributed by atoms with E-state index in [1.165, 1.54) is 20.2 Å². The van der Waals surface area contributed by atoms with Crippen LogP contribution in [-0.2, 0) is 6.42 Å². The van der Waals surface area contributed by atoms with Crippen LogP contribution in [0.25, 0.3) is 0 Å². The summed E-state index contributed by atoms with van der Waals surface area (Å²) in [4.78, 5) is 3.85. The van der Waals surface area contributed by atoms with E-state index in [0.717, 1.165) is 0 Å². The van der Waals surface area contributed by atoms with Crippen molar-refractivity contribution in [2.75, 3.05) is 7.11 Å². The van der Waals surface area contributed by atoms with E-state index in [1.54, 1.807) is 0 Å². The Hall–Kier alpha value is -1.70. The van der Waals surface area contributed by atoms with E-state index in [9.17, 15) is 8.78 Å². The fraction of sp³-hybridized carbons (Fsp3) is 0.400. The molecule has 0 atom stereocenters. The molecule has 0 N–H and O–H groups in total. The number of ether oxygens (including phenoxy) is 1. The van der Waals surface area contributed by atoms with Gasteiger partial charge in [0.1, 0.15) is 0 Å². The summed E-state index contributed by atoms with van der Waals surface area (Å²) in [6, 6.07) is 1.83. The Kier molecular flexibility index (Phi) is 3.56. The van der Waals surface area contributed by atoms with E-state index in [2.05, 4.69) is 4.98 Å². The van der Waals surface area contributed by atoms with E-state index < -0.39 is 6.43 Å². The van der Waals surface area contributed by atoms with E-state index >= 15 is 0 Å². The summed E-state index contributed by atoms with van der Waals surface area (Å²) in [5, 5.41) is 8.49. The van der Waals surface area contributed by atoms with Crippen molar-refractivity contribution in [2.45, 2.75) is 19.8 Å². The maximum Gasteiger partial charge on any atom is 0.264 e. The third-order valence-electron chi connectivity index (χ3n) is 2.09. The summed E-state index contributed by atoms with van der Waals surface area (Å²) < 4.78 is 30.3. The highest BCUT2D eigenvalue weighted by Crippen LogP contribution is 2.30. The highest BCUT2D eigenvalue weighted by atomic mass is 19.3. The average molecular weight is 212 g/mol. The number of nitriles is 1. The zero-order valence-electron chi connectivity index (χ0n) is 8.42. The van der Waals surface area contributed by atoms with E-state index in [1.807, 2.05) is 6.07 Å². The molecule has 0 spiro atoms. The maximum atomic E-state index is 12.7. The highest BCUT2D eigenvalue weighted by Gasteiger charge is 2.19. The number of rotatable bonds is 3. The second-order valence-electron chi connectivity index (χ2n) is 2.97. The number of halogens is 2. The normalized spacial score (nSPS) is 10.1. The van der Waals surface area contributed by atoms with Gasteiger partial charge in [-0.3, -0.25) is 0 Å². The lowest BCUT2D eigenvalue weighted by Crippen LogP contribution is -2.02. The van der Waals surface area contributed by atoms with Crippen LogP contribution in [0.2, 0.25) is 0 Å². The molecule has 1 heterocycles. The van der Waals surface area contributed by atoms with E-state index in [-0.39, 0.29) is 23.4 Å². The monoisotopic (exact) mass is 212 g/mol. The molecule has 0 aliphatic heterocycles. The van der Waals surface area contributed by atoms with Crippen LogP contribution >= 0.6 is 0 Å². The van der Waals surface area contributed by atoms with Crippen LogP contribution in [0, 0.1) is 18.3 Å². The summed E-state index contributed by atoms with van der Waals surface area (Å²) in [5.41, 5.74) is 0.398. The minimum atomic E-state index is -2.62. The molecule has 0 bridgehead atoms. The third-order valence-corrected chi connectivity index (χ3v) is 2.09. The average Bonchev–Trinajstić information content (AvgIpc) is 2.18. The van der Waals surface area contributed by atoms with Crippen LogP contribution in [0.1, 0.15) is 23.1 Å². The number of hydrogen-bond donors (Lipinski definition) is 0. The van der Waals surface area contributed by atoms with Crippen LogP contribution in [0.15, 0.2) is 6.20 Å². The molecule has 3 nitrogen and oxygen atoms in total. The minimum absolute atomic E-state index is 0.0719. The topological polar surface area (TPSA) is 45.9 Å². The van der Waals surface area contributed by atoms with Crippen molar-refractivity contribution >= 4 is 0 Å². The lowest BCUT2D eigenvalue weighted by Gasteiger charge is -2.12. The van der Waals surface area contributed by atoms with Crippen molar-refractivity contribution in [1.29, 1.82) is 5.26 Å². The van der Waals surface area contributed by atoms with Crippen LogP contribution < -0.4 is 4.74 Å². The standard InChI is InChI=1S/C10H10F2N2O/c1-6-8(9(11)12)7(3-4-13)5-14-10(6)15-2/h5,9H,3H2,1-2H3. The van der Waals surface area contributed by atoms with E-state index in [0.29, 0.717) is 5.56 Å². The molecule has 15 heavy (non-hydrogen) atoms. The number of pyridine rings is 1. The number of nitrogens with zero attached hydrogens (tertiary/aromatic N) is 2. The van der Waals surface area contributed by atoms with Crippen LogP contribution in [-0.4, -0.2) is 12.1 Å². The summed E-state index contributed by atoms with van der Waals surface area (Å²) in [5.74, 6) is 0.173. The molecule has 0 saturated heterocycles. The van der Waals surface area contributed by atoms with Crippen molar-refractivity contribution in [3.05, 3.63) is 22.9 Å². The Bertz CT molecular complexity index is 399. The highest BCUT2D eigenvalue weighted by molar-refractivity contribution is 5.40. The Balaban J connectivity index is 3.32. The molecule has 5 heteroatoms. The van der Waals surface area contributed by atoms with Gasteiger partial charge in [0.15, 0.2) is 0 Å². The lowest BCUT2D eigenvalue weighted by molar-refractivity contribution is 0.149. The number of methoxy groups -OCH3 is 1. The van der Waals surface area contributed by atoms with Gasteiger partial charge in [0.25, 0.3) is 6.43 Å². The molecule has 80 valence electrons. The van der Waals surface area contributed by atoms with Gasteiger partial charge in [-0.2, -0.15) is 5.26 Å². The quantitative estimate of drug-likeness (QED) is 0.772. The summed E-state index contributed by atoms with van der Waals surface area (Å²) in [7, 11) is 1.37. The fourth-order valence-electron chi connectivity index (χ4n) is 1.39. The molecular formula is C10H10F2N2O. The summed E-state index contributed by atoms with van der Waals surface area (Å²) in [6.45, 7) is 1.51. The second-order valence-corrected chi connectivity index (χ2v) is 2.97. The lowest BCUT2D eigenvalue weighted by atomic mass is 10.0. The molecule has 1 aromatic heterocycles. The fourth-order valence-corrected chi connectivity index (χ4v) is 1.39. The first-order valence-corrected chi connectivity index (χ1v) is 4.29. The van der Waals surface area contributed by atoms with Gasteiger partial charge in [-0.25, -0.2) is 13.8 Å². The van der Waals surface area contributed by atoms with Gasteiger partial charge in [-0.15, -0.1) is 0 Å². The first kappa shape index (κ1) is 11.4. The van der Waals surface area contributed by atoms with Crippen molar-refractivity contribution in [3.63, 3.8) is 0 Å².